The summed E-state index contributed by atoms with van der Waals surface area (Å²) in [5, 5.41) is 5.83. The normalized spacial score (nSPS) is 18.7. The van der Waals surface area contributed by atoms with Crippen LogP contribution in [0.3, 0.4) is 0 Å². The molecule has 0 aromatic heterocycles. The van der Waals surface area contributed by atoms with Crippen molar-refractivity contribution in [1.82, 2.24) is 10.2 Å². The molecule has 0 bridgehead atoms. The highest BCUT2D eigenvalue weighted by Gasteiger charge is 2.28. The molecule has 2 aliphatic heterocycles. The number of hydrogen-bond donors (Lipinski definition) is 2. The molecule has 2 aliphatic rings. The van der Waals surface area contributed by atoms with E-state index >= 15 is 0 Å². The van der Waals surface area contributed by atoms with Crippen LogP contribution in [0.5, 0.6) is 0 Å². The van der Waals surface area contributed by atoms with Gasteiger partial charge in [0, 0.05) is 35.6 Å². The minimum absolute atomic E-state index is 0.0292. The second kappa shape index (κ2) is 7.13. The molecule has 1 fully saturated rings. The molecule has 0 spiro atoms. The molecule has 3 rings (SSSR count). The second-order valence-corrected chi connectivity index (χ2v) is 7.66. The van der Waals surface area contributed by atoms with Gasteiger partial charge in [0.25, 0.3) is 5.91 Å². The number of amides is 2. The number of thioether (sulfide) groups is 1. The molecule has 0 atom stereocenters. The number of anilines is 1. The quantitative estimate of drug-likeness (QED) is 0.863. The molecule has 130 valence electrons. The molecule has 1 saturated heterocycles. The number of fused-ring (bicyclic) bond motifs is 1. The first kappa shape index (κ1) is 17.3. The van der Waals surface area contributed by atoms with Crippen LogP contribution in [0.4, 0.5) is 5.69 Å². The van der Waals surface area contributed by atoms with E-state index in [0.29, 0.717) is 17.9 Å². The van der Waals surface area contributed by atoms with Crippen molar-refractivity contribution in [2.24, 2.45) is 0 Å². The van der Waals surface area contributed by atoms with Crippen LogP contribution in [0.1, 0.15) is 24.2 Å². The average Bonchev–Trinajstić information content (AvgIpc) is 2.60. The summed E-state index contributed by atoms with van der Waals surface area (Å²) in [7, 11) is 0. The van der Waals surface area contributed by atoms with Gasteiger partial charge in [0.15, 0.2) is 0 Å². The third-order valence-electron chi connectivity index (χ3n) is 4.42. The first-order valence-corrected chi connectivity index (χ1v) is 9.12. The van der Waals surface area contributed by atoms with Crippen molar-refractivity contribution in [3.63, 3.8) is 0 Å². The lowest BCUT2D eigenvalue weighted by Gasteiger charge is -2.40. The number of nitrogens with zero attached hydrogens (tertiary/aromatic N) is 1. The predicted octanol–water partition coefficient (Wildman–Crippen LogP) is 1.57. The number of morpholine rings is 1. The monoisotopic (exact) mass is 349 g/mol. The Morgan fingerprint density at radius 2 is 2.12 bits per heavy atom. The van der Waals surface area contributed by atoms with Gasteiger partial charge in [-0.3, -0.25) is 14.5 Å². The van der Waals surface area contributed by atoms with Crippen molar-refractivity contribution >= 4 is 29.3 Å². The van der Waals surface area contributed by atoms with Crippen LogP contribution in [0.2, 0.25) is 0 Å². The van der Waals surface area contributed by atoms with Gasteiger partial charge in [-0.05, 0) is 32.0 Å². The Bertz CT molecular complexity index is 642. The lowest BCUT2D eigenvalue weighted by Crippen LogP contribution is -2.55. The van der Waals surface area contributed by atoms with Crippen molar-refractivity contribution in [1.29, 1.82) is 0 Å². The van der Waals surface area contributed by atoms with Crippen molar-refractivity contribution < 1.29 is 14.3 Å². The minimum atomic E-state index is -0.127. The van der Waals surface area contributed by atoms with Gasteiger partial charge in [-0.2, -0.15) is 0 Å². The summed E-state index contributed by atoms with van der Waals surface area (Å²) < 4.78 is 5.39. The molecule has 1 aromatic carbocycles. The second-order valence-electron chi connectivity index (χ2n) is 6.64. The number of carbonyl (C=O) groups excluding carboxylic acids is 2. The SMILES string of the molecule is CC(C)(CNC(=O)c1ccc2c(c1)NC(=O)CS2)N1CCOCC1. The Labute approximate surface area is 146 Å². The standard InChI is InChI=1S/C17H23N3O3S/c1-17(2,20-5-7-23-8-6-20)11-18-16(22)12-3-4-14-13(9-12)19-15(21)10-24-14/h3-4,9H,5-8,10-11H2,1-2H3,(H,18,22)(H,19,21). The van der Waals surface area contributed by atoms with Crippen molar-refractivity contribution in [2.75, 3.05) is 43.9 Å². The van der Waals surface area contributed by atoms with Crippen LogP contribution in [0.15, 0.2) is 23.1 Å². The molecule has 2 N–H and O–H groups in total. The molecule has 6 nitrogen and oxygen atoms in total. The molecule has 0 unspecified atom stereocenters. The van der Waals surface area contributed by atoms with Crippen LogP contribution >= 0.6 is 11.8 Å². The van der Waals surface area contributed by atoms with Gasteiger partial charge in [-0.25, -0.2) is 0 Å². The number of ether oxygens (including phenoxy) is 1. The zero-order chi connectivity index (χ0) is 17.2. The van der Waals surface area contributed by atoms with E-state index in [1.165, 1.54) is 11.8 Å². The summed E-state index contributed by atoms with van der Waals surface area (Å²) in [5.74, 6) is 0.272. The number of nitrogens with one attached hydrogen (secondary N) is 2. The summed E-state index contributed by atoms with van der Waals surface area (Å²) in [6, 6.07) is 5.44. The molecule has 2 heterocycles. The van der Waals surface area contributed by atoms with Gasteiger partial charge in [0.1, 0.15) is 0 Å². The molecule has 0 aliphatic carbocycles. The van der Waals surface area contributed by atoms with Gasteiger partial charge < -0.3 is 15.4 Å². The van der Waals surface area contributed by atoms with E-state index < -0.39 is 0 Å². The van der Waals surface area contributed by atoms with Crippen LogP contribution in [-0.4, -0.2) is 60.9 Å². The Kier molecular flexibility index (Phi) is 5.12. The molecular formula is C17H23N3O3S. The fraction of sp³-hybridized carbons (Fsp3) is 0.529. The molecular weight excluding hydrogens is 326 g/mol. The highest BCUT2D eigenvalue weighted by molar-refractivity contribution is 8.00. The molecule has 0 saturated carbocycles. The Hall–Kier alpha value is -1.57. The summed E-state index contributed by atoms with van der Waals surface area (Å²) in [6.07, 6.45) is 0. The van der Waals surface area contributed by atoms with Gasteiger partial charge >= 0.3 is 0 Å². The third kappa shape index (κ3) is 3.91. The number of hydrogen-bond acceptors (Lipinski definition) is 5. The highest BCUT2D eigenvalue weighted by Crippen LogP contribution is 2.31. The van der Waals surface area contributed by atoms with E-state index in [9.17, 15) is 9.59 Å². The zero-order valence-electron chi connectivity index (χ0n) is 14.1. The van der Waals surface area contributed by atoms with E-state index in [2.05, 4.69) is 29.4 Å². The molecule has 2 amide bonds. The minimum Gasteiger partial charge on any atom is -0.379 e. The Morgan fingerprint density at radius 1 is 1.38 bits per heavy atom. The highest BCUT2D eigenvalue weighted by atomic mass is 32.2. The van der Waals surface area contributed by atoms with Crippen LogP contribution < -0.4 is 10.6 Å². The topological polar surface area (TPSA) is 70.7 Å². The smallest absolute Gasteiger partial charge is 0.251 e. The average molecular weight is 349 g/mol. The van der Waals surface area contributed by atoms with E-state index in [1.54, 1.807) is 12.1 Å². The number of rotatable bonds is 4. The summed E-state index contributed by atoms with van der Waals surface area (Å²) >= 11 is 1.49. The maximum atomic E-state index is 12.5. The van der Waals surface area contributed by atoms with Crippen LogP contribution in [0, 0.1) is 0 Å². The van der Waals surface area contributed by atoms with Gasteiger partial charge in [0.05, 0.1) is 24.7 Å². The van der Waals surface area contributed by atoms with E-state index in [4.69, 9.17) is 4.74 Å². The molecule has 0 radical (unpaired) electrons. The Morgan fingerprint density at radius 3 is 2.88 bits per heavy atom. The predicted molar refractivity (Wildman–Crippen MR) is 94.6 cm³/mol. The maximum absolute atomic E-state index is 12.5. The molecule has 1 aromatic rings. The van der Waals surface area contributed by atoms with E-state index in [-0.39, 0.29) is 17.4 Å². The molecule has 7 heteroatoms. The van der Waals surface area contributed by atoms with Crippen molar-refractivity contribution in [2.45, 2.75) is 24.3 Å². The molecule has 24 heavy (non-hydrogen) atoms. The lowest BCUT2D eigenvalue weighted by atomic mass is 10.0. The summed E-state index contributed by atoms with van der Waals surface area (Å²) in [6.45, 7) is 8.05. The Balaban J connectivity index is 1.62. The van der Waals surface area contributed by atoms with E-state index in [0.717, 1.165) is 36.9 Å². The van der Waals surface area contributed by atoms with Crippen LogP contribution in [-0.2, 0) is 9.53 Å². The van der Waals surface area contributed by atoms with Crippen LogP contribution in [0.25, 0.3) is 0 Å². The first-order chi connectivity index (χ1) is 11.5. The zero-order valence-corrected chi connectivity index (χ0v) is 14.9. The van der Waals surface area contributed by atoms with Gasteiger partial charge in [-0.15, -0.1) is 11.8 Å². The fourth-order valence-electron chi connectivity index (χ4n) is 2.90. The summed E-state index contributed by atoms with van der Waals surface area (Å²) in [4.78, 5) is 27.3. The maximum Gasteiger partial charge on any atom is 0.251 e. The van der Waals surface area contributed by atoms with E-state index in [1.807, 2.05) is 6.07 Å². The van der Waals surface area contributed by atoms with Gasteiger partial charge in [-0.1, -0.05) is 0 Å². The van der Waals surface area contributed by atoms with Gasteiger partial charge in [0.2, 0.25) is 5.91 Å². The fourth-order valence-corrected chi connectivity index (χ4v) is 3.69. The first-order valence-electron chi connectivity index (χ1n) is 8.13. The number of carbonyl (C=O) groups is 2. The third-order valence-corrected chi connectivity index (χ3v) is 5.50. The van der Waals surface area contributed by atoms with Crippen molar-refractivity contribution in [3.8, 4) is 0 Å². The largest absolute Gasteiger partial charge is 0.379 e. The summed E-state index contributed by atoms with van der Waals surface area (Å²) in [5.41, 5.74) is 1.16. The lowest BCUT2D eigenvalue weighted by molar-refractivity contribution is -0.113. The number of benzene rings is 1. The van der Waals surface area contributed by atoms with Crippen molar-refractivity contribution in [3.05, 3.63) is 23.8 Å².